The van der Waals surface area contributed by atoms with Gasteiger partial charge in [-0.2, -0.15) is 0 Å². The molecule has 0 atom stereocenters. The maximum absolute atomic E-state index is 10.7. The summed E-state index contributed by atoms with van der Waals surface area (Å²) in [6.07, 6.45) is 3.93. The minimum absolute atomic E-state index is 0. The van der Waals surface area contributed by atoms with Gasteiger partial charge in [0.05, 0.1) is 28.4 Å². The Bertz CT molecular complexity index is 825. The van der Waals surface area contributed by atoms with E-state index in [0.717, 1.165) is 29.8 Å². The Balaban J connectivity index is 0.00000450. The third-order valence-corrected chi connectivity index (χ3v) is 4.92. The average Bonchev–Trinajstić information content (AvgIpc) is 2.76. The predicted octanol–water partition coefficient (Wildman–Crippen LogP) is 4.86. The molecule has 2 aromatic rings. The monoisotopic (exact) mass is 437 g/mol. The van der Waals surface area contributed by atoms with Crippen molar-refractivity contribution < 1.29 is 24.1 Å². The van der Waals surface area contributed by atoms with E-state index in [2.05, 4.69) is 18.7 Å². The van der Waals surface area contributed by atoms with Gasteiger partial charge in [-0.25, -0.2) is 0 Å². The van der Waals surface area contributed by atoms with Crippen LogP contribution in [-0.2, 0) is 6.54 Å². The first-order chi connectivity index (χ1) is 14.0. The molecule has 0 fully saturated rings. The molecule has 0 spiro atoms. The van der Waals surface area contributed by atoms with Crippen LogP contribution in [0, 0.1) is 0 Å². The number of rotatable bonds is 10. The summed E-state index contributed by atoms with van der Waals surface area (Å²) in [5, 5.41) is 10.7. The van der Waals surface area contributed by atoms with Gasteiger partial charge in [0.15, 0.2) is 23.0 Å². The largest absolute Gasteiger partial charge is 0.504 e. The first-order valence-corrected chi connectivity index (χ1v) is 9.62. The number of hydrogen-bond donors (Lipinski definition) is 1. The Labute approximate surface area is 185 Å². The molecule has 0 heterocycles. The van der Waals surface area contributed by atoms with Crippen molar-refractivity contribution in [1.82, 2.24) is 4.90 Å². The van der Waals surface area contributed by atoms with Gasteiger partial charge in [0.2, 0.25) is 5.75 Å². The summed E-state index contributed by atoms with van der Waals surface area (Å²) in [6.45, 7) is 6.62. The smallest absolute Gasteiger partial charge is 0.203 e. The maximum atomic E-state index is 10.7. The highest BCUT2D eigenvalue weighted by Gasteiger charge is 2.15. The van der Waals surface area contributed by atoms with Crippen molar-refractivity contribution in [2.24, 2.45) is 0 Å². The van der Waals surface area contributed by atoms with Crippen LogP contribution in [0.1, 0.15) is 30.5 Å². The zero-order chi connectivity index (χ0) is 21.4. The van der Waals surface area contributed by atoms with Crippen LogP contribution in [0.5, 0.6) is 28.7 Å². The van der Waals surface area contributed by atoms with Gasteiger partial charge in [0.1, 0.15) is 0 Å². The lowest BCUT2D eigenvalue weighted by atomic mass is 10.0. The second-order valence-electron chi connectivity index (χ2n) is 6.44. The van der Waals surface area contributed by atoms with Crippen LogP contribution in [0.3, 0.4) is 0 Å². The van der Waals surface area contributed by atoms with E-state index in [9.17, 15) is 5.11 Å². The highest BCUT2D eigenvalue weighted by molar-refractivity contribution is 5.85. The minimum atomic E-state index is 0. The first kappa shape index (κ1) is 25.5. The molecule has 0 unspecified atom stereocenters. The molecule has 0 aliphatic rings. The van der Waals surface area contributed by atoms with Crippen LogP contribution in [0.25, 0.3) is 12.2 Å². The number of hydrogen-bond acceptors (Lipinski definition) is 6. The second-order valence-corrected chi connectivity index (χ2v) is 6.44. The fraction of sp³-hybridized carbons (Fsp3) is 0.391. The molecule has 30 heavy (non-hydrogen) atoms. The van der Waals surface area contributed by atoms with Crippen molar-refractivity contribution in [3.63, 3.8) is 0 Å². The molecule has 1 N–H and O–H groups in total. The molecular weight excluding hydrogens is 406 g/mol. The molecular formula is C23H32ClNO5. The fourth-order valence-electron chi connectivity index (χ4n) is 3.17. The van der Waals surface area contributed by atoms with Crippen molar-refractivity contribution in [3.8, 4) is 28.7 Å². The van der Waals surface area contributed by atoms with Gasteiger partial charge in [0.25, 0.3) is 0 Å². The zero-order valence-corrected chi connectivity index (χ0v) is 19.3. The number of nitrogens with zero attached hydrogens (tertiary/aromatic N) is 1. The van der Waals surface area contributed by atoms with Gasteiger partial charge in [-0.15, -0.1) is 12.4 Å². The number of benzene rings is 2. The Kier molecular flexibility index (Phi) is 10.4. The lowest BCUT2D eigenvalue weighted by Gasteiger charge is -2.21. The van der Waals surface area contributed by atoms with Gasteiger partial charge < -0.3 is 24.1 Å². The molecule has 6 nitrogen and oxygen atoms in total. The van der Waals surface area contributed by atoms with E-state index < -0.39 is 0 Å². The van der Waals surface area contributed by atoms with E-state index in [0.29, 0.717) is 29.5 Å². The maximum Gasteiger partial charge on any atom is 0.203 e. The highest BCUT2D eigenvalue weighted by Crippen LogP contribution is 2.39. The molecule has 7 heteroatoms. The molecule has 0 amide bonds. The van der Waals surface area contributed by atoms with E-state index in [1.807, 2.05) is 30.4 Å². The Morgan fingerprint density at radius 2 is 1.40 bits per heavy atom. The molecule has 166 valence electrons. The fourth-order valence-corrected chi connectivity index (χ4v) is 3.17. The molecule has 0 aliphatic carbocycles. The van der Waals surface area contributed by atoms with E-state index in [1.165, 1.54) is 0 Å². The van der Waals surface area contributed by atoms with Crippen LogP contribution >= 0.6 is 12.4 Å². The summed E-state index contributed by atoms with van der Waals surface area (Å²) in [5.74, 6) is 2.37. The third-order valence-electron chi connectivity index (χ3n) is 4.92. The van der Waals surface area contributed by atoms with Gasteiger partial charge >= 0.3 is 0 Å². The summed E-state index contributed by atoms with van der Waals surface area (Å²) in [5.41, 5.74) is 2.64. The number of phenolic OH excluding ortho intramolecular Hbond substituents is 1. The number of phenols is 1. The number of aromatic hydroxyl groups is 1. The topological polar surface area (TPSA) is 60.4 Å². The van der Waals surface area contributed by atoms with Crippen LogP contribution in [0.2, 0.25) is 0 Å². The van der Waals surface area contributed by atoms with Crippen molar-refractivity contribution in [3.05, 3.63) is 41.0 Å². The van der Waals surface area contributed by atoms with Gasteiger partial charge in [-0.3, -0.25) is 4.90 Å². The highest BCUT2D eigenvalue weighted by atomic mass is 35.5. The van der Waals surface area contributed by atoms with Crippen molar-refractivity contribution in [1.29, 1.82) is 0 Å². The van der Waals surface area contributed by atoms with Crippen LogP contribution in [0.4, 0.5) is 0 Å². The molecule has 0 saturated heterocycles. The Hall–Kier alpha value is -2.57. The molecule has 0 aromatic heterocycles. The Morgan fingerprint density at radius 3 is 1.87 bits per heavy atom. The number of ether oxygens (including phenoxy) is 4. The molecule has 2 rings (SSSR count). The molecule has 0 aliphatic heterocycles. The van der Waals surface area contributed by atoms with E-state index >= 15 is 0 Å². The third kappa shape index (κ3) is 5.74. The molecule has 0 bridgehead atoms. The van der Waals surface area contributed by atoms with Crippen LogP contribution in [0.15, 0.2) is 24.3 Å². The predicted molar refractivity (Wildman–Crippen MR) is 124 cm³/mol. The summed E-state index contributed by atoms with van der Waals surface area (Å²) in [6, 6.07) is 7.48. The summed E-state index contributed by atoms with van der Waals surface area (Å²) >= 11 is 0. The number of methoxy groups -OCH3 is 4. The van der Waals surface area contributed by atoms with Crippen molar-refractivity contribution >= 4 is 24.6 Å². The van der Waals surface area contributed by atoms with Gasteiger partial charge in [0, 0.05) is 12.1 Å². The summed E-state index contributed by atoms with van der Waals surface area (Å²) in [4.78, 5) is 2.24. The second kappa shape index (κ2) is 12.2. The SMILES string of the molecule is CCN(CC)Cc1c(/C=C\c2cc(OC)c(OC)c(OC)c2)ccc(OC)c1O.Cl. The lowest BCUT2D eigenvalue weighted by Crippen LogP contribution is -2.22. The van der Waals surface area contributed by atoms with E-state index in [-0.39, 0.29) is 18.2 Å². The molecule has 0 radical (unpaired) electrons. The normalized spacial score (nSPS) is 10.8. The standard InChI is InChI=1S/C23H31NO5.ClH/c1-7-24(8-2)15-18-17(11-12-19(26-3)22(18)25)10-9-16-13-20(27-4)23(29-6)21(14-16)28-5;/h9-14,25H,7-8,15H2,1-6H3;1H/b10-9-;. The van der Waals surface area contributed by atoms with Gasteiger partial charge in [-0.1, -0.05) is 32.1 Å². The van der Waals surface area contributed by atoms with Gasteiger partial charge in [-0.05, 0) is 42.4 Å². The van der Waals surface area contributed by atoms with E-state index in [4.69, 9.17) is 18.9 Å². The van der Waals surface area contributed by atoms with E-state index in [1.54, 1.807) is 34.5 Å². The van der Waals surface area contributed by atoms with Crippen LogP contribution in [-0.4, -0.2) is 51.5 Å². The van der Waals surface area contributed by atoms with Crippen molar-refractivity contribution in [2.75, 3.05) is 41.5 Å². The summed E-state index contributed by atoms with van der Waals surface area (Å²) in [7, 11) is 6.32. The summed E-state index contributed by atoms with van der Waals surface area (Å²) < 4.78 is 21.5. The minimum Gasteiger partial charge on any atom is -0.504 e. The first-order valence-electron chi connectivity index (χ1n) is 9.62. The quantitative estimate of drug-likeness (QED) is 0.535. The molecule has 0 saturated carbocycles. The Morgan fingerprint density at radius 1 is 0.833 bits per heavy atom. The number of halogens is 1. The average molecular weight is 438 g/mol. The van der Waals surface area contributed by atoms with Crippen LogP contribution < -0.4 is 18.9 Å². The molecule has 2 aromatic carbocycles. The zero-order valence-electron chi connectivity index (χ0n) is 18.5. The van der Waals surface area contributed by atoms with Crippen molar-refractivity contribution in [2.45, 2.75) is 20.4 Å². The lowest BCUT2D eigenvalue weighted by molar-refractivity contribution is 0.287.